The monoisotopic (exact) mass is 337 g/mol. The Labute approximate surface area is 134 Å². The van der Waals surface area contributed by atoms with Gasteiger partial charge in [-0.1, -0.05) is 58.3 Å². The van der Waals surface area contributed by atoms with Crippen LogP contribution >= 0.6 is 7.82 Å². The molecule has 0 unspecified atom stereocenters. The SMILES string of the molecule is CCCCCCCCCCCC(=O)NCCCOP(=O)(O)O. The first-order valence-corrected chi connectivity index (χ1v) is 9.95. The Hall–Kier alpha value is -0.420. The molecule has 0 bridgehead atoms. The Bertz CT molecular complexity index is 319. The minimum Gasteiger partial charge on any atom is -0.356 e. The third-order valence-electron chi connectivity index (χ3n) is 3.41. The molecule has 0 heterocycles. The summed E-state index contributed by atoms with van der Waals surface area (Å²) in [5.74, 6) is -0.000810. The van der Waals surface area contributed by atoms with Gasteiger partial charge in [-0.25, -0.2) is 4.57 Å². The molecule has 0 aliphatic heterocycles. The van der Waals surface area contributed by atoms with Gasteiger partial charge in [-0.2, -0.15) is 0 Å². The summed E-state index contributed by atoms with van der Waals surface area (Å²) in [4.78, 5) is 28.5. The summed E-state index contributed by atoms with van der Waals surface area (Å²) < 4.78 is 14.7. The van der Waals surface area contributed by atoms with E-state index in [1.807, 2.05) is 0 Å². The molecule has 1 amide bonds. The first-order valence-electron chi connectivity index (χ1n) is 8.42. The van der Waals surface area contributed by atoms with Gasteiger partial charge in [0, 0.05) is 13.0 Å². The zero-order valence-electron chi connectivity index (χ0n) is 13.8. The Morgan fingerprint density at radius 2 is 1.50 bits per heavy atom. The van der Waals surface area contributed by atoms with Crippen molar-refractivity contribution >= 4 is 13.7 Å². The average Bonchev–Trinajstić information content (AvgIpc) is 2.44. The highest BCUT2D eigenvalue weighted by atomic mass is 31.2. The van der Waals surface area contributed by atoms with Crippen LogP contribution in [0.4, 0.5) is 0 Å². The fourth-order valence-corrected chi connectivity index (χ4v) is 2.53. The first-order chi connectivity index (χ1) is 10.5. The van der Waals surface area contributed by atoms with Gasteiger partial charge in [0.25, 0.3) is 0 Å². The van der Waals surface area contributed by atoms with Crippen LogP contribution in [0, 0.1) is 0 Å². The zero-order chi connectivity index (χ0) is 16.7. The molecule has 0 atom stereocenters. The van der Waals surface area contributed by atoms with Crippen LogP contribution < -0.4 is 5.32 Å². The van der Waals surface area contributed by atoms with Gasteiger partial charge in [0.2, 0.25) is 5.91 Å². The summed E-state index contributed by atoms with van der Waals surface area (Å²) in [5, 5.41) is 2.72. The first kappa shape index (κ1) is 21.6. The van der Waals surface area contributed by atoms with Gasteiger partial charge < -0.3 is 15.1 Å². The molecule has 0 saturated carbocycles. The molecular weight excluding hydrogens is 305 g/mol. The number of amides is 1. The van der Waals surface area contributed by atoms with Gasteiger partial charge in [-0.05, 0) is 12.8 Å². The lowest BCUT2D eigenvalue weighted by atomic mass is 10.1. The van der Waals surface area contributed by atoms with Crippen molar-refractivity contribution in [3.8, 4) is 0 Å². The van der Waals surface area contributed by atoms with Crippen LogP contribution in [0.2, 0.25) is 0 Å². The fraction of sp³-hybridized carbons (Fsp3) is 0.933. The molecule has 0 spiro atoms. The van der Waals surface area contributed by atoms with Gasteiger partial charge in [0.15, 0.2) is 0 Å². The third kappa shape index (κ3) is 17.6. The van der Waals surface area contributed by atoms with Crippen molar-refractivity contribution in [3.63, 3.8) is 0 Å². The van der Waals surface area contributed by atoms with E-state index in [-0.39, 0.29) is 12.5 Å². The van der Waals surface area contributed by atoms with Crippen molar-refractivity contribution < 1.29 is 23.7 Å². The van der Waals surface area contributed by atoms with E-state index in [1.54, 1.807) is 0 Å². The van der Waals surface area contributed by atoms with Crippen LogP contribution in [0.3, 0.4) is 0 Å². The fourth-order valence-electron chi connectivity index (χ4n) is 2.17. The van der Waals surface area contributed by atoms with Crippen LogP contribution in [0.15, 0.2) is 0 Å². The van der Waals surface area contributed by atoms with E-state index in [0.717, 1.165) is 12.8 Å². The second-order valence-corrected chi connectivity index (χ2v) is 6.85. The van der Waals surface area contributed by atoms with E-state index in [9.17, 15) is 9.36 Å². The Balaban J connectivity index is 3.24. The Morgan fingerprint density at radius 1 is 0.955 bits per heavy atom. The summed E-state index contributed by atoms with van der Waals surface area (Å²) in [5.41, 5.74) is 0. The van der Waals surface area contributed by atoms with Crippen LogP contribution in [-0.4, -0.2) is 28.8 Å². The minimum absolute atomic E-state index is 0.000810. The molecule has 0 aromatic rings. The third-order valence-corrected chi connectivity index (χ3v) is 3.93. The summed E-state index contributed by atoms with van der Waals surface area (Å²) in [6.07, 6.45) is 11.9. The van der Waals surface area contributed by atoms with Crippen LogP contribution in [-0.2, 0) is 13.9 Å². The second-order valence-electron chi connectivity index (χ2n) is 5.61. The maximum Gasteiger partial charge on any atom is 0.469 e. The molecule has 22 heavy (non-hydrogen) atoms. The van der Waals surface area contributed by atoms with Gasteiger partial charge in [-0.3, -0.25) is 9.32 Å². The van der Waals surface area contributed by atoms with Crippen molar-refractivity contribution in [1.82, 2.24) is 5.32 Å². The lowest BCUT2D eigenvalue weighted by Crippen LogP contribution is -2.24. The smallest absolute Gasteiger partial charge is 0.356 e. The van der Waals surface area contributed by atoms with Crippen LogP contribution in [0.1, 0.15) is 77.6 Å². The van der Waals surface area contributed by atoms with E-state index in [2.05, 4.69) is 16.8 Å². The van der Waals surface area contributed by atoms with Crippen LogP contribution in [0.25, 0.3) is 0 Å². The van der Waals surface area contributed by atoms with Gasteiger partial charge in [0.05, 0.1) is 6.61 Å². The number of carbonyl (C=O) groups excluding carboxylic acids is 1. The number of unbranched alkanes of at least 4 members (excludes halogenated alkanes) is 8. The van der Waals surface area contributed by atoms with Crippen LogP contribution in [0.5, 0.6) is 0 Å². The lowest BCUT2D eigenvalue weighted by molar-refractivity contribution is -0.121. The second kappa shape index (κ2) is 14.2. The predicted octanol–water partition coefficient (Wildman–Crippen LogP) is 3.52. The molecule has 0 rings (SSSR count). The summed E-state index contributed by atoms with van der Waals surface area (Å²) >= 11 is 0. The highest BCUT2D eigenvalue weighted by Crippen LogP contribution is 2.35. The molecular formula is C15H32NO5P. The quantitative estimate of drug-likeness (QED) is 0.314. The Morgan fingerprint density at radius 3 is 2.05 bits per heavy atom. The summed E-state index contributed by atoms with van der Waals surface area (Å²) in [6, 6.07) is 0. The number of carbonyl (C=O) groups is 1. The number of phosphoric acid groups is 1. The molecule has 0 radical (unpaired) electrons. The molecule has 0 aliphatic rings. The van der Waals surface area contributed by atoms with E-state index >= 15 is 0 Å². The number of phosphoric ester groups is 1. The van der Waals surface area contributed by atoms with E-state index in [4.69, 9.17) is 9.79 Å². The molecule has 3 N–H and O–H groups in total. The van der Waals surface area contributed by atoms with Crippen molar-refractivity contribution in [2.45, 2.75) is 77.6 Å². The number of hydrogen-bond donors (Lipinski definition) is 3. The molecule has 0 aromatic heterocycles. The van der Waals surface area contributed by atoms with E-state index in [0.29, 0.717) is 19.4 Å². The number of hydrogen-bond acceptors (Lipinski definition) is 3. The molecule has 0 saturated heterocycles. The van der Waals surface area contributed by atoms with E-state index in [1.165, 1.54) is 44.9 Å². The number of rotatable bonds is 15. The summed E-state index contributed by atoms with van der Waals surface area (Å²) in [7, 11) is -4.38. The standard InChI is InChI=1S/C15H32NO5P/c1-2-3-4-5-6-7-8-9-10-12-15(17)16-13-11-14-21-22(18,19)20/h2-14H2,1H3,(H,16,17)(H2,18,19,20). The molecule has 7 heteroatoms. The number of nitrogens with one attached hydrogen (secondary N) is 1. The Kier molecular flexibility index (Phi) is 13.9. The average molecular weight is 337 g/mol. The largest absolute Gasteiger partial charge is 0.469 e. The van der Waals surface area contributed by atoms with Crippen molar-refractivity contribution in [2.24, 2.45) is 0 Å². The highest BCUT2D eigenvalue weighted by molar-refractivity contribution is 7.46. The normalized spacial score (nSPS) is 11.6. The van der Waals surface area contributed by atoms with Crippen molar-refractivity contribution in [2.75, 3.05) is 13.2 Å². The maximum atomic E-state index is 11.5. The molecule has 0 aliphatic carbocycles. The molecule has 0 aromatic carbocycles. The zero-order valence-corrected chi connectivity index (χ0v) is 14.7. The predicted molar refractivity (Wildman–Crippen MR) is 87.5 cm³/mol. The van der Waals surface area contributed by atoms with Gasteiger partial charge in [0.1, 0.15) is 0 Å². The van der Waals surface area contributed by atoms with Crippen molar-refractivity contribution in [1.29, 1.82) is 0 Å². The summed E-state index contributed by atoms with van der Waals surface area (Å²) in [6.45, 7) is 2.55. The maximum absolute atomic E-state index is 11.5. The van der Waals surface area contributed by atoms with E-state index < -0.39 is 7.82 Å². The molecule has 0 fully saturated rings. The molecule has 132 valence electrons. The molecule has 6 nitrogen and oxygen atoms in total. The van der Waals surface area contributed by atoms with Crippen molar-refractivity contribution in [3.05, 3.63) is 0 Å². The topological polar surface area (TPSA) is 95.9 Å². The lowest BCUT2D eigenvalue weighted by Gasteiger charge is -2.07. The highest BCUT2D eigenvalue weighted by Gasteiger charge is 2.12. The minimum atomic E-state index is -4.38. The van der Waals surface area contributed by atoms with Gasteiger partial charge in [-0.15, -0.1) is 0 Å². The van der Waals surface area contributed by atoms with Gasteiger partial charge >= 0.3 is 7.82 Å².